The van der Waals surface area contributed by atoms with Crippen LogP contribution < -0.4 is 0 Å². The summed E-state index contributed by atoms with van der Waals surface area (Å²) >= 11 is 0. The van der Waals surface area contributed by atoms with Crippen LogP contribution >= 0.6 is 0 Å². The molecule has 169 valence electrons. The van der Waals surface area contributed by atoms with Gasteiger partial charge >= 0.3 is 47.6 Å². The molecule has 0 saturated heterocycles. The standard InChI is InChI=1S/C10H4F17O/c11-3(12,1-2-28)4(13,14)5(15,16)6(17,18)7(19,20)8(21,22)9(23,24)10(25,26)27/h1-2H2. The molecule has 0 heterocycles. The SMILES string of the molecule is [O]CCC(F)(F)C(F)(F)C(F)(F)C(F)(F)C(F)(F)C(F)(F)C(F)(F)C(F)(F)F. The predicted octanol–water partition coefficient (Wildman–Crippen LogP) is 5.82. The van der Waals surface area contributed by atoms with Crippen molar-refractivity contribution < 1.29 is 79.7 Å². The van der Waals surface area contributed by atoms with Gasteiger partial charge in [-0.1, -0.05) is 0 Å². The van der Waals surface area contributed by atoms with E-state index in [1.165, 1.54) is 0 Å². The Morgan fingerprint density at radius 1 is 0.393 bits per heavy atom. The first-order valence-electron chi connectivity index (χ1n) is 6.10. The van der Waals surface area contributed by atoms with E-state index < -0.39 is 60.7 Å². The minimum atomic E-state index is -8.64. The molecule has 0 fully saturated rings. The molecule has 0 aliphatic heterocycles. The van der Waals surface area contributed by atoms with Gasteiger partial charge in [0.1, 0.15) is 0 Å². The average molecular weight is 463 g/mol. The van der Waals surface area contributed by atoms with Crippen molar-refractivity contribution in [1.29, 1.82) is 0 Å². The molecule has 0 unspecified atom stereocenters. The van der Waals surface area contributed by atoms with Crippen molar-refractivity contribution in [1.82, 2.24) is 0 Å². The van der Waals surface area contributed by atoms with Crippen LogP contribution in [0.1, 0.15) is 6.42 Å². The topological polar surface area (TPSA) is 19.9 Å². The summed E-state index contributed by atoms with van der Waals surface area (Å²) < 4.78 is 216. The zero-order chi connectivity index (χ0) is 23.4. The van der Waals surface area contributed by atoms with E-state index in [-0.39, 0.29) is 0 Å². The molecule has 0 saturated carbocycles. The lowest BCUT2D eigenvalue weighted by molar-refractivity contribution is -0.462. The first-order chi connectivity index (χ1) is 11.8. The van der Waals surface area contributed by atoms with Gasteiger partial charge in [0.25, 0.3) is 0 Å². The summed E-state index contributed by atoms with van der Waals surface area (Å²) in [6, 6.07) is 0. The molecule has 1 nitrogen and oxygen atoms in total. The largest absolute Gasteiger partial charge is 0.460 e. The second kappa shape index (κ2) is 6.65. The molecule has 0 spiro atoms. The minimum Gasteiger partial charge on any atom is -0.236 e. The van der Waals surface area contributed by atoms with Crippen LogP contribution in [0.4, 0.5) is 74.6 Å². The summed E-state index contributed by atoms with van der Waals surface area (Å²) in [5, 5.41) is 9.83. The van der Waals surface area contributed by atoms with E-state index in [0.717, 1.165) is 0 Å². The van der Waals surface area contributed by atoms with Crippen LogP contribution in [-0.2, 0) is 5.11 Å². The third kappa shape index (κ3) is 3.24. The highest BCUT2D eigenvalue weighted by atomic mass is 19.4. The molecule has 0 N–H and O–H groups in total. The van der Waals surface area contributed by atoms with Crippen LogP contribution in [0, 0.1) is 0 Å². The van der Waals surface area contributed by atoms with Gasteiger partial charge in [-0.05, 0) is 0 Å². The number of alkyl halides is 17. The highest BCUT2D eigenvalue weighted by Gasteiger charge is 2.95. The van der Waals surface area contributed by atoms with Gasteiger partial charge in [0.2, 0.25) is 0 Å². The molecule has 0 atom stereocenters. The molecule has 0 bridgehead atoms. The third-order valence-electron chi connectivity index (χ3n) is 3.20. The Morgan fingerprint density at radius 2 is 0.643 bits per heavy atom. The monoisotopic (exact) mass is 463 g/mol. The van der Waals surface area contributed by atoms with E-state index in [1.807, 2.05) is 0 Å². The van der Waals surface area contributed by atoms with Crippen LogP contribution in [0.15, 0.2) is 0 Å². The smallest absolute Gasteiger partial charge is 0.236 e. The first-order valence-corrected chi connectivity index (χ1v) is 6.10. The molecule has 1 radical (unpaired) electrons. The molecular formula is C10H4F17O. The Morgan fingerprint density at radius 3 is 0.893 bits per heavy atom. The van der Waals surface area contributed by atoms with Gasteiger partial charge in [-0.2, -0.15) is 74.6 Å². The van der Waals surface area contributed by atoms with Crippen molar-refractivity contribution >= 4 is 0 Å². The molecule has 0 aromatic heterocycles. The summed E-state index contributed by atoms with van der Waals surface area (Å²) in [6.45, 7) is -2.41. The molecule has 0 aliphatic carbocycles. The van der Waals surface area contributed by atoms with Crippen LogP contribution in [-0.4, -0.2) is 54.2 Å². The number of hydrogen-bond donors (Lipinski definition) is 0. The second-order valence-electron chi connectivity index (χ2n) is 5.10. The number of halogens is 17. The fraction of sp³-hybridized carbons (Fsp3) is 1.00. The van der Waals surface area contributed by atoms with Crippen LogP contribution in [0.3, 0.4) is 0 Å². The van der Waals surface area contributed by atoms with Gasteiger partial charge in [-0.3, -0.25) is 0 Å². The Bertz CT molecular complexity index is 559. The molecule has 0 rings (SSSR count). The highest BCUT2D eigenvalue weighted by Crippen LogP contribution is 2.64. The van der Waals surface area contributed by atoms with E-state index in [9.17, 15) is 79.7 Å². The van der Waals surface area contributed by atoms with Crippen molar-refractivity contribution in [2.45, 2.75) is 54.1 Å². The number of hydrogen-bond acceptors (Lipinski definition) is 0. The van der Waals surface area contributed by atoms with Crippen LogP contribution in [0.25, 0.3) is 0 Å². The molecule has 18 heteroatoms. The zero-order valence-corrected chi connectivity index (χ0v) is 12.2. The molecule has 0 aromatic rings. The van der Waals surface area contributed by atoms with Crippen molar-refractivity contribution in [3.63, 3.8) is 0 Å². The third-order valence-corrected chi connectivity index (χ3v) is 3.20. The normalized spacial score (nSPS) is 16.5. The maximum Gasteiger partial charge on any atom is 0.460 e. The number of rotatable bonds is 8. The molecule has 0 aromatic carbocycles. The molecule has 0 amide bonds. The average Bonchev–Trinajstić information content (AvgIpc) is 2.44. The Kier molecular flexibility index (Phi) is 6.36. The fourth-order valence-corrected chi connectivity index (χ4v) is 1.48. The van der Waals surface area contributed by atoms with E-state index in [1.54, 1.807) is 0 Å². The Labute approximate surface area is 142 Å². The summed E-state index contributed by atoms with van der Waals surface area (Å²) in [5.74, 6) is -56.6. The Hall–Kier alpha value is -1.23. The van der Waals surface area contributed by atoms with Crippen LogP contribution in [0.2, 0.25) is 0 Å². The van der Waals surface area contributed by atoms with Gasteiger partial charge in [-0.25, -0.2) is 5.11 Å². The predicted molar refractivity (Wildman–Crippen MR) is 50.9 cm³/mol. The van der Waals surface area contributed by atoms with Crippen molar-refractivity contribution in [3.05, 3.63) is 0 Å². The lowest BCUT2D eigenvalue weighted by Gasteiger charge is -2.42. The van der Waals surface area contributed by atoms with E-state index in [4.69, 9.17) is 0 Å². The summed E-state index contributed by atoms with van der Waals surface area (Å²) in [4.78, 5) is 0. The lowest BCUT2D eigenvalue weighted by atomic mass is 9.88. The maximum atomic E-state index is 13.1. The molecular weight excluding hydrogens is 459 g/mol. The fourth-order valence-electron chi connectivity index (χ4n) is 1.48. The van der Waals surface area contributed by atoms with Gasteiger partial charge in [-0.15, -0.1) is 0 Å². The Balaban J connectivity index is 6.63. The molecule has 0 aliphatic rings. The first kappa shape index (κ1) is 26.8. The van der Waals surface area contributed by atoms with Gasteiger partial charge in [0.15, 0.2) is 0 Å². The highest BCUT2D eigenvalue weighted by molar-refractivity contribution is 5.15. The van der Waals surface area contributed by atoms with Gasteiger partial charge in [0, 0.05) is 6.42 Å². The van der Waals surface area contributed by atoms with Gasteiger partial charge < -0.3 is 0 Å². The van der Waals surface area contributed by atoms with E-state index in [0.29, 0.717) is 0 Å². The van der Waals surface area contributed by atoms with Crippen LogP contribution in [0.5, 0.6) is 0 Å². The maximum absolute atomic E-state index is 13.1. The van der Waals surface area contributed by atoms with Crippen molar-refractivity contribution in [2.75, 3.05) is 6.61 Å². The quantitative estimate of drug-likeness (QED) is 0.405. The minimum absolute atomic E-state index is 2.41. The van der Waals surface area contributed by atoms with E-state index >= 15 is 0 Å². The van der Waals surface area contributed by atoms with Gasteiger partial charge in [0.05, 0.1) is 6.61 Å². The second-order valence-corrected chi connectivity index (χ2v) is 5.10. The lowest BCUT2D eigenvalue weighted by Crippen LogP contribution is -2.74. The summed E-state index contributed by atoms with van der Waals surface area (Å²) in [5.41, 5.74) is 0. The summed E-state index contributed by atoms with van der Waals surface area (Å²) in [7, 11) is 0. The van der Waals surface area contributed by atoms with E-state index in [2.05, 4.69) is 0 Å². The summed E-state index contributed by atoms with van der Waals surface area (Å²) in [6.07, 6.45) is -10.7. The van der Waals surface area contributed by atoms with Crippen molar-refractivity contribution in [3.8, 4) is 0 Å². The molecule has 28 heavy (non-hydrogen) atoms. The van der Waals surface area contributed by atoms with Crippen molar-refractivity contribution in [2.24, 2.45) is 0 Å². The zero-order valence-electron chi connectivity index (χ0n) is 12.2.